The summed E-state index contributed by atoms with van der Waals surface area (Å²) >= 11 is 0. The maximum Gasteiger partial charge on any atom is 0.0951 e. The molecule has 2 atom stereocenters. The van der Waals surface area contributed by atoms with Crippen molar-refractivity contribution < 1.29 is 0 Å². The summed E-state index contributed by atoms with van der Waals surface area (Å²) in [4.78, 5) is 6.84. The van der Waals surface area contributed by atoms with Gasteiger partial charge in [-0.3, -0.25) is 0 Å². The molecule has 0 spiro atoms. The molecule has 1 aromatic rings. The monoisotopic (exact) mass is 250 g/mol. The van der Waals surface area contributed by atoms with Gasteiger partial charge >= 0.3 is 0 Å². The first kappa shape index (κ1) is 13.6. The van der Waals surface area contributed by atoms with Crippen molar-refractivity contribution in [2.45, 2.75) is 39.2 Å². The normalized spacial score (nSPS) is 21.7. The van der Waals surface area contributed by atoms with E-state index in [9.17, 15) is 0 Å². The molecule has 4 heteroatoms. The predicted molar refractivity (Wildman–Crippen MR) is 75.0 cm³/mol. The van der Waals surface area contributed by atoms with Gasteiger partial charge in [-0.2, -0.15) is 0 Å². The molecule has 102 valence electrons. The lowest BCUT2D eigenvalue weighted by atomic mass is 10.1. The van der Waals surface area contributed by atoms with Gasteiger partial charge in [-0.1, -0.05) is 13.8 Å². The molecule has 0 amide bonds. The van der Waals surface area contributed by atoms with Gasteiger partial charge in [-0.25, -0.2) is 4.98 Å². The first-order chi connectivity index (χ1) is 8.76. The summed E-state index contributed by atoms with van der Waals surface area (Å²) in [6.45, 7) is 12.3. The number of aromatic nitrogens is 2. The maximum absolute atomic E-state index is 4.36. The van der Waals surface area contributed by atoms with Crippen molar-refractivity contribution >= 4 is 0 Å². The molecule has 1 aliphatic heterocycles. The molecular formula is C14H26N4. The highest BCUT2D eigenvalue weighted by atomic mass is 15.2. The van der Waals surface area contributed by atoms with E-state index < -0.39 is 0 Å². The van der Waals surface area contributed by atoms with Crippen LogP contribution < -0.4 is 5.32 Å². The Kier molecular flexibility index (Phi) is 4.78. The van der Waals surface area contributed by atoms with E-state index in [2.05, 4.69) is 46.7 Å². The van der Waals surface area contributed by atoms with Gasteiger partial charge in [0.1, 0.15) is 0 Å². The van der Waals surface area contributed by atoms with Crippen LogP contribution in [0.15, 0.2) is 12.5 Å². The molecule has 1 aromatic heterocycles. The zero-order valence-corrected chi connectivity index (χ0v) is 11.9. The first-order valence-corrected chi connectivity index (χ1v) is 7.21. The molecule has 0 bridgehead atoms. The highest BCUT2D eigenvalue weighted by molar-refractivity contribution is 5.10. The van der Waals surface area contributed by atoms with Crippen LogP contribution in [0.3, 0.4) is 0 Å². The fourth-order valence-corrected chi connectivity index (χ4v) is 2.85. The summed E-state index contributed by atoms with van der Waals surface area (Å²) in [7, 11) is 0. The van der Waals surface area contributed by atoms with Gasteiger partial charge in [0, 0.05) is 36.9 Å². The van der Waals surface area contributed by atoms with Crippen molar-refractivity contribution in [2.75, 3.05) is 32.7 Å². The van der Waals surface area contributed by atoms with Gasteiger partial charge in [0.25, 0.3) is 0 Å². The Morgan fingerprint density at radius 2 is 2.28 bits per heavy atom. The Labute approximate surface area is 110 Å². The van der Waals surface area contributed by atoms with Gasteiger partial charge in [0.2, 0.25) is 0 Å². The average Bonchev–Trinajstić information content (AvgIpc) is 3.04. The lowest BCUT2D eigenvalue weighted by Crippen LogP contribution is -2.30. The summed E-state index contributed by atoms with van der Waals surface area (Å²) < 4.78 is 2.37. The minimum atomic E-state index is 0.503. The van der Waals surface area contributed by atoms with Gasteiger partial charge in [0.05, 0.1) is 6.33 Å². The second-order valence-electron chi connectivity index (χ2n) is 5.25. The van der Waals surface area contributed by atoms with Gasteiger partial charge in [-0.15, -0.1) is 0 Å². The number of nitrogens with one attached hydrogen (secondary N) is 1. The largest absolute Gasteiger partial charge is 0.330 e. The summed E-state index contributed by atoms with van der Waals surface area (Å²) in [6.07, 6.45) is 5.29. The van der Waals surface area contributed by atoms with Crippen LogP contribution in [-0.2, 0) is 0 Å². The van der Waals surface area contributed by atoms with Gasteiger partial charge < -0.3 is 14.8 Å². The molecule has 2 rings (SSSR count). The van der Waals surface area contributed by atoms with Crippen molar-refractivity contribution in [1.29, 1.82) is 0 Å². The second kappa shape index (κ2) is 6.34. The van der Waals surface area contributed by atoms with E-state index in [1.807, 2.05) is 6.33 Å². The summed E-state index contributed by atoms with van der Waals surface area (Å²) in [5.74, 6) is 0.645. The van der Waals surface area contributed by atoms with E-state index in [0.717, 1.165) is 32.7 Å². The Morgan fingerprint density at radius 3 is 2.89 bits per heavy atom. The van der Waals surface area contributed by atoms with Crippen LogP contribution in [0, 0.1) is 0 Å². The van der Waals surface area contributed by atoms with Crippen LogP contribution >= 0.6 is 0 Å². The van der Waals surface area contributed by atoms with Gasteiger partial charge in [0.15, 0.2) is 0 Å². The topological polar surface area (TPSA) is 33.1 Å². The molecule has 1 fully saturated rings. The second-order valence-corrected chi connectivity index (χ2v) is 5.25. The van der Waals surface area contributed by atoms with Crippen LogP contribution in [-0.4, -0.2) is 47.2 Å². The number of likely N-dealkylation sites (N-methyl/N-ethyl adjacent to an activating group) is 1. The fraction of sp³-hybridized carbons (Fsp3) is 0.786. The number of rotatable bonds is 6. The molecule has 1 aliphatic rings. The third-order valence-corrected chi connectivity index (χ3v) is 4.07. The Morgan fingerprint density at radius 1 is 1.50 bits per heavy atom. The van der Waals surface area contributed by atoms with Gasteiger partial charge in [-0.05, 0) is 33.0 Å². The van der Waals surface area contributed by atoms with Crippen LogP contribution in [0.5, 0.6) is 0 Å². The Hall–Kier alpha value is -0.870. The van der Waals surface area contributed by atoms with Crippen molar-refractivity contribution in [3.8, 4) is 0 Å². The SMILES string of the molecule is CCN(CC)CC(C)n1cncc1C1CCNC1. The minimum Gasteiger partial charge on any atom is -0.330 e. The number of imidazole rings is 1. The van der Waals surface area contributed by atoms with E-state index in [1.165, 1.54) is 12.1 Å². The quantitative estimate of drug-likeness (QED) is 0.836. The van der Waals surface area contributed by atoms with Crippen molar-refractivity contribution in [1.82, 2.24) is 19.8 Å². The molecule has 18 heavy (non-hydrogen) atoms. The number of hydrogen-bond donors (Lipinski definition) is 1. The van der Waals surface area contributed by atoms with E-state index in [4.69, 9.17) is 0 Å². The van der Waals surface area contributed by atoms with Crippen molar-refractivity contribution in [2.24, 2.45) is 0 Å². The number of hydrogen-bond acceptors (Lipinski definition) is 3. The van der Waals surface area contributed by atoms with Crippen LogP contribution in [0.2, 0.25) is 0 Å². The lowest BCUT2D eigenvalue weighted by molar-refractivity contribution is 0.258. The van der Waals surface area contributed by atoms with E-state index in [-0.39, 0.29) is 0 Å². The summed E-state index contributed by atoms with van der Waals surface area (Å²) in [6, 6.07) is 0.503. The predicted octanol–water partition coefficient (Wildman–Crippen LogP) is 1.86. The zero-order chi connectivity index (χ0) is 13.0. The van der Waals surface area contributed by atoms with Crippen molar-refractivity contribution in [3.05, 3.63) is 18.2 Å². The van der Waals surface area contributed by atoms with E-state index in [1.54, 1.807) is 0 Å². The Bertz CT molecular complexity index is 350. The van der Waals surface area contributed by atoms with E-state index >= 15 is 0 Å². The molecule has 0 aliphatic carbocycles. The summed E-state index contributed by atoms with van der Waals surface area (Å²) in [5, 5.41) is 3.44. The molecular weight excluding hydrogens is 224 g/mol. The molecule has 1 N–H and O–H groups in total. The fourth-order valence-electron chi connectivity index (χ4n) is 2.85. The third kappa shape index (κ3) is 2.93. The molecule has 0 aromatic carbocycles. The molecule has 2 heterocycles. The van der Waals surface area contributed by atoms with Crippen LogP contribution in [0.4, 0.5) is 0 Å². The third-order valence-electron chi connectivity index (χ3n) is 4.07. The molecule has 4 nitrogen and oxygen atoms in total. The molecule has 2 unspecified atom stereocenters. The average molecular weight is 250 g/mol. The highest BCUT2D eigenvalue weighted by Gasteiger charge is 2.22. The van der Waals surface area contributed by atoms with Crippen molar-refractivity contribution in [3.63, 3.8) is 0 Å². The smallest absolute Gasteiger partial charge is 0.0951 e. The first-order valence-electron chi connectivity index (χ1n) is 7.21. The van der Waals surface area contributed by atoms with Crippen LogP contribution in [0.1, 0.15) is 44.8 Å². The highest BCUT2D eigenvalue weighted by Crippen LogP contribution is 2.24. The zero-order valence-electron chi connectivity index (χ0n) is 11.9. The standard InChI is InChI=1S/C14H26N4/c1-4-17(5-2)10-12(3)18-11-16-9-14(18)13-6-7-15-8-13/h9,11-13,15H,4-8,10H2,1-3H3. The van der Waals surface area contributed by atoms with E-state index in [0.29, 0.717) is 12.0 Å². The Balaban J connectivity index is 2.05. The number of nitrogens with zero attached hydrogens (tertiary/aromatic N) is 3. The summed E-state index contributed by atoms with van der Waals surface area (Å²) in [5.41, 5.74) is 1.40. The molecule has 0 saturated carbocycles. The lowest BCUT2D eigenvalue weighted by Gasteiger charge is -2.25. The molecule has 0 radical (unpaired) electrons. The van der Waals surface area contributed by atoms with Crippen LogP contribution in [0.25, 0.3) is 0 Å². The minimum absolute atomic E-state index is 0.503. The maximum atomic E-state index is 4.36. The molecule has 1 saturated heterocycles.